The number of phenols is 1. The number of hydrogen-bond acceptors (Lipinski definition) is 5. The second-order valence-corrected chi connectivity index (χ2v) is 5.77. The predicted octanol–water partition coefficient (Wildman–Crippen LogP) is 3.42. The van der Waals surface area contributed by atoms with Crippen molar-refractivity contribution in [2.24, 2.45) is 0 Å². The van der Waals surface area contributed by atoms with Crippen molar-refractivity contribution >= 4 is 17.6 Å². The molecule has 0 bridgehead atoms. The van der Waals surface area contributed by atoms with Gasteiger partial charge in [-0.3, -0.25) is 0 Å². The van der Waals surface area contributed by atoms with Crippen LogP contribution in [0.4, 0.5) is 5.82 Å². The van der Waals surface area contributed by atoms with E-state index in [0.29, 0.717) is 0 Å². The fourth-order valence-corrected chi connectivity index (χ4v) is 3.22. The lowest BCUT2D eigenvalue weighted by atomic mass is 10.1. The van der Waals surface area contributed by atoms with Crippen molar-refractivity contribution in [3.05, 3.63) is 35.5 Å². The van der Waals surface area contributed by atoms with Gasteiger partial charge in [-0.05, 0) is 30.7 Å². The summed E-state index contributed by atoms with van der Waals surface area (Å²) in [5.41, 5.74) is 3.31. The molecule has 0 spiro atoms. The van der Waals surface area contributed by atoms with E-state index in [1.54, 1.807) is 12.1 Å². The lowest BCUT2D eigenvalue weighted by Crippen LogP contribution is -2.08. The van der Waals surface area contributed by atoms with Gasteiger partial charge in [-0.15, -0.1) is 0 Å². The van der Waals surface area contributed by atoms with Crippen LogP contribution in [0.2, 0.25) is 0 Å². The van der Waals surface area contributed by atoms with E-state index in [1.165, 1.54) is 5.56 Å². The quantitative estimate of drug-likeness (QED) is 0.902. The summed E-state index contributed by atoms with van der Waals surface area (Å²) in [6.45, 7) is 3.06. The van der Waals surface area contributed by atoms with Crippen LogP contribution in [0.1, 0.15) is 24.6 Å². The summed E-state index contributed by atoms with van der Waals surface area (Å²) in [4.78, 5) is 9.33. The van der Waals surface area contributed by atoms with E-state index in [-0.39, 0.29) is 5.75 Å². The summed E-state index contributed by atoms with van der Waals surface area (Å²) in [5.74, 6) is 3.88. The molecule has 2 heterocycles. The lowest BCUT2D eigenvalue weighted by molar-refractivity contribution is 0.475. The molecular weight excluding hydrogens is 270 g/mol. The van der Waals surface area contributed by atoms with Crippen molar-refractivity contribution in [1.82, 2.24) is 9.97 Å². The lowest BCUT2D eigenvalue weighted by Gasteiger charge is -2.11. The van der Waals surface area contributed by atoms with E-state index < -0.39 is 0 Å². The highest BCUT2D eigenvalue weighted by Crippen LogP contribution is 2.34. The summed E-state index contributed by atoms with van der Waals surface area (Å²) in [5, 5.41) is 12.8. The van der Waals surface area contributed by atoms with Gasteiger partial charge in [0.15, 0.2) is 5.82 Å². The van der Waals surface area contributed by atoms with Crippen LogP contribution < -0.4 is 5.32 Å². The number of aromatic hydroxyl groups is 1. The first-order valence-corrected chi connectivity index (χ1v) is 7.94. The largest absolute Gasteiger partial charge is 0.508 e. The van der Waals surface area contributed by atoms with Gasteiger partial charge in [0.05, 0.1) is 5.69 Å². The third-order valence-corrected chi connectivity index (χ3v) is 4.22. The first kappa shape index (κ1) is 13.2. The molecule has 5 heteroatoms. The second-order valence-electron chi connectivity index (χ2n) is 4.79. The Balaban J connectivity index is 2.01. The van der Waals surface area contributed by atoms with Gasteiger partial charge in [-0.1, -0.05) is 6.92 Å². The van der Waals surface area contributed by atoms with Crippen LogP contribution in [0.25, 0.3) is 11.4 Å². The van der Waals surface area contributed by atoms with Gasteiger partial charge in [0, 0.05) is 29.2 Å². The van der Waals surface area contributed by atoms with Crippen LogP contribution in [0, 0.1) is 0 Å². The number of benzene rings is 1. The third kappa shape index (κ3) is 2.58. The fourth-order valence-electron chi connectivity index (χ4n) is 2.18. The number of thioether (sulfide) groups is 1. The van der Waals surface area contributed by atoms with E-state index in [9.17, 15) is 5.11 Å². The summed E-state index contributed by atoms with van der Waals surface area (Å²) in [6.07, 6.45) is 1.07. The van der Waals surface area contributed by atoms with Crippen molar-refractivity contribution in [2.45, 2.75) is 24.9 Å². The molecule has 0 fully saturated rings. The number of nitrogens with zero attached hydrogens (tertiary/aromatic N) is 2. The molecule has 1 aliphatic heterocycles. The third-order valence-electron chi connectivity index (χ3n) is 3.25. The topological polar surface area (TPSA) is 58.0 Å². The average molecular weight is 287 g/mol. The van der Waals surface area contributed by atoms with E-state index in [1.807, 2.05) is 23.9 Å². The van der Waals surface area contributed by atoms with Crippen LogP contribution in [0.3, 0.4) is 0 Å². The molecule has 0 radical (unpaired) electrons. The molecule has 2 N–H and O–H groups in total. The molecule has 0 unspecified atom stereocenters. The molecule has 3 rings (SSSR count). The number of anilines is 1. The first-order valence-electron chi connectivity index (χ1n) is 6.78. The molecule has 1 aliphatic rings. The summed E-state index contributed by atoms with van der Waals surface area (Å²) < 4.78 is 0. The Kier molecular flexibility index (Phi) is 3.78. The molecule has 2 aromatic rings. The maximum Gasteiger partial charge on any atom is 0.161 e. The zero-order valence-corrected chi connectivity index (χ0v) is 12.2. The Morgan fingerprint density at radius 3 is 2.75 bits per heavy atom. The molecule has 0 aliphatic carbocycles. The van der Waals surface area contributed by atoms with Gasteiger partial charge in [-0.2, -0.15) is 11.8 Å². The zero-order chi connectivity index (χ0) is 13.9. The summed E-state index contributed by atoms with van der Waals surface area (Å²) in [6, 6.07) is 7.03. The minimum Gasteiger partial charge on any atom is -0.508 e. The molecule has 0 saturated carbocycles. The maximum absolute atomic E-state index is 9.37. The van der Waals surface area contributed by atoms with E-state index in [0.717, 1.165) is 47.4 Å². The average Bonchev–Trinajstić information content (AvgIpc) is 2.94. The molecule has 0 saturated heterocycles. The molecular formula is C15H17N3OS. The number of phenolic OH excluding ortho intramolecular Hbond substituents is 1. The van der Waals surface area contributed by atoms with E-state index in [2.05, 4.69) is 22.2 Å². The van der Waals surface area contributed by atoms with Gasteiger partial charge in [-0.25, -0.2) is 9.97 Å². The number of nitrogens with one attached hydrogen (secondary N) is 1. The number of aromatic nitrogens is 2. The van der Waals surface area contributed by atoms with E-state index in [4.69, 9.17) is 0 Å². The van der Waals surface area contributed by atoms with Crippen LogP contribution in [0.15, 0.2) is 24.3 Å². The van der Waals surface area contributed by atoms with Crippen molar-refractivity contribution in [3.8, 4) is 17.1 Å². The van der Waals surface area contributed by atoms with Crippen LogP contribution in [-0.2, 0) is 11.5 Å². The minimum atomic E-state index is 0.259. The Labute approximate surface area is 122 Å². The molecule has 20 heavy (non-hydrogen) atoms. The SMILES string of the molecule is CCCNc1nc(-c2ccc(O)cc2)nc2c1CSC2. The first-order chi connectivity index (χ1) is 9.78. The van der Waals surface area contributed by atoms with Crippen LogP contribution >= 0.6 is 11.8 Å². The summed E-state index contributed by atoms with van der Waals surface area (Å²) >= 11 is 1.87. The van der Waals surface area contributed by atoms with Crippen LogP contribution in [-0.4, -0.2) is 21.6 Å². The molecule has 4 nitrogen and oxygen atoms in total. The molecule has 1 aromatic carbocycles. The van der Waals surface area contributed by atoms with Gasteiger partial charge >= 0.3 is 0 Å². The Bertz CT molecular complexity index is 613. The monoisotopic (exact) mass is 287 g/mol. The highest BCUT2D eigenvalue weighted by atomic mass is 32.2. The molecule has 104 valence electrons. The molecule has 1 aromatic heterocycles. The fraction of sp³-hybridized carbons (Fsp3) is 0.333. The van der Waals surface area contributed by atoms with Gasteiger partial charge in [0.2, 0.25) is 0 Å². The van der Waals surface area contributed by atoms with Crippen molar-refractivity contribution in [1.29, 1.82) is 0 Å². The zero-order valence-electron chi connectivity index (χ0n) is 11.4. The van der Waals surface area contributed by atoms with Gasteiger partial charge in [0.25, 0.3) is 0 Å². The Hall–Kier alpha value is -1.75. The second kappa shape index (κ2) is 5.71. The van der Waals surface area contributed by atoms with Crippen molar-refractivity contribution < 1.29 is 5.11 Å². The normalized spacial score (nSPS) is 13.2. The summed E-state index contributed by atoms with van der Waals surface area (Å²) in [7, 11) is 0. The number of hydrogen-bond donors (Lipinski definition) is 2. The van der Waals surface area contributed by atoms with Crippen molar-refractivity contribution in [2.75, 3.05) is 11.9 Å². The number of fused-ring (bicyclic) bond motifs is 1. The number of rotatable bonds is 4. The smallest absolute Gasteiger partial charge is 0.161 e. The van der Waals surface area contributed by atoms with Gasteiger partial charge in [0.1, 0.15) is 11.6 Å². The van der Waals surface area contributed by atoms with E-state index >= 15 is 0 Å². The predicted molar refractivity (Wildman–Crippen MR) is 82.9 cm³/mol. The van der Waals surface area contributed by atoms with Crippen molar-refractivity contribution in [3.63, 3.8) is 0 Å². The molecule has 0 atom stereocenters. The molecule has 0 amide bonds. The van der Waals surface area contributed by atoms with Gasteiger partial charge < -0.3 is 10.4 Å². The highest BCUT2D eigenvalue weighted by molar-refractivity contribution is 7.98. The Morgan fingerprint density at radius 2 is 2.00 bits per heavy atom. The Morgan fingerprint density at radius 1 is 1.20 bits per heavy atom. The highest BCUT2D eigenvalue weighted by Gasteiger charge is 2.20. The van der Waals surface area contributed by atoms with Crippen LogP contribution in [0.5, 0.6) is 5.75 Å². The maximum atomic E-state index is 9.37. The standard InChI is InChI=1S/C15H17N3OS/c1-2-7-16-15-12-8-20-9-13(12)17-14(18-15)10-3-5-11(19)6-4-10/h3-6,19H,2,7-9H2,1H3,(H,16,17,18). The minimum absolute atomic E-state index is 0.259.